The smallest absolute Gasteiger partial charge is 0.314 e. The van der Waals surface area contributed by atoms with E-state index in [0.717, 1.165) is 82.1 Å². The van der Waals surface area contributed by atoms with E-state index in [4.69, 9.17) is 0 Å². The Balaban J connectivity index is 1.01. The Morgan fingerprint density at radius 1 is 1.05 bits per heavy atom. The Kier molecular flexibility index (Phi) is 10.4. The van der Waals surface area contributed by atoms with Gasteiger partial charge in [-0.15, -0.1) is 0 Å². The molecule has 2 heterocycles. The number of pyridine rings is 1. The molecule has 5 rings (SSSR count). The molecule has 1 amide bonds. The van der Waals surface area contributed by atoms with Crippen molar-refractivity contribution in [3.63, 3.8) is 0 Å². The quantitative estimate of drug-likeness (QED) is 0.187. The molecule has 1 unspecified atom stereocenters. The van der Waals surface area contributed by atoms with Gasteiger partial charge in [-0.1, -0.05) is 49.6 Å². The van der Waals surface area contributed by atoms with Crippen LogP contribution in [0.3, 0.4) is 0 Å². The van der Waals surface area contributed by atoms with Gasteiger partial charge in [-0.2, -0.15) is 0 Å². The molecular weight excluding hydrogens is 558 g/mol. The van der Waals surface area contributed by atoms with Crippen LogP contribution in [0.4, 0.5) is 0 Å². The summed E-state index contributed by atoms with van der Waals surface area (Å²) >= 11 is 0. The van der Waals surface area contributed by atoms with Crippen molar-refractivity contribution >= 4 is 22.8 Å². The molecule has 9 heteroatoms. The number of H-pyrrole nitrogens is 1. The summed E-state index contributed by atoms with van der Waals surface area (Å²) in [7, 11) is 0. The normalized spacial score (nSPS) is 17.9. The standard InChI is InChI=1S/C35H45N3O6/c39-29-12-10-27(28-11-13-31(41)37-33(28)29)30(40)23-36-19-14-24-15-20-38(21-16-24)32(42)9-5-7-25-6-4-8-26(22-25)35(34(43)44)17-2-1-3-18-35/h4,6,8,10-13,22,24,30,36,39-40H,1-3,5,7,9,14-21,23H2,(H,37,41)(H,43,44). The molecule has 1 aliphatic heterocycles. The first-order valence-electron chi connectivity index (χ1n) is 16.1. The van der Waals surface area contributed by atoms with E-state index in [1.165, 1.54) is 12.1 Å². The maximum atomic E-state index is 12.9. The first-order chi connectivity index (χ1) is 21.3. The first-order valence-corrected chi connectivity index (χ1v) is 16.1. The predicted molar refractivity (Wildman–Crippen MR) is 170 cm³/mol. The summed E-state index contributed by atoms with van der Waals surface area (Å²) in [6.07, 6.45) is 8.51. The van der Waals surface area contributed by atoms with Gasteiger partial charge in [0.05, 0.1) is 17.0 Å². The van der Waals surface area contributed by atoms with Crippen molar-refractivity contribution in [2.24, 2.45) is 5.92 Å². The van der Waals surface area contributed by atoms with Gasteiger partial charge in [-0.05, 0) is 86.2 Å². The number of fused-ring (bicyclic) bond motifs is 1. The van der Waals surface area contributed by atoms with Gasteiger partial charge >= 0.3 is 5.97 Å². The number of aromatic hydroxyl groups is 1. The van der Waals surface area contributed by atoms with E-state index in [1.54, 1.807) is 12.1 Å². The fraction of sp³-hybridized carbons (Fsp3) is 0.514. The largest absolute Gasteiger partial charge is 0.506 e. The highest BCUT2D eigenvalue weighted by Gasteiger charge is 2.41. The summed E-state index contributed by atoms with van der Waals surface area (Å²) in [5.41, 5.74) is 1.91. The lowest BCUT2D eigenvalue weighted by molar-refractivity contribution is -0.145. The average molecular weight is 604 g/mol. The van der Waals surface area contributed by atoms with Crippen molar-refractivity contribution in [1.82, 2.24) is 15.2 Å². The van der Waals surface area contributed by atoms with Gasteiger partial charge in [0.2, 0.25) is 11.5 Å². The second kappa shape index (κ2) is 14.4. The van der Waals surface area contributed by atoms with Gasteiger partial charge in [-0.25, -0.2) is 0 Å². The van der Waals surface area contributed by atoms with Crippen molar-refractivity contribution < 1.29 is 24.9 Å². The lowest BCUT2D eigenvalue weighted by Gasteiger charge is -2.34. The van der Waals surface area contributed by atoms with E-state index >= 15 is 0 Å². The number of hydrogen-bond donors (Lipinski definition) is 5. The third-order valence-electron chi connectivity index (χ3n) is 9.75. The number of aromatic nitrogens is 1. The minimum absolute atomic E-state index is 0.0263. The van der Waals surface area contributed by atoms with Crippen LogP contribution in [0.5, 0.6) is 5.75 Å². The molecule has 3 aromatic rings. The molecule has 0 radical (unpaired) electrons. The zero-order valence-electron chi connectivity index (χ0n) is 25.4. The highest BCUT2D eigenvalue weighted by Crippen LogP contribution is 2.40. The molecular formula is C35H45N3O6. The number of carbonyl (C=O) groups is 2. The number of hydrogen-bond acceptors (Lipinski definition) is 6. The number of rotatable bonds is 12. The molecule has 2 fully saturated rings. The van der Waals surface area contributed by atoms with Crippen LogP contribution in [0, 0.1) is 5.92 Å². The number of benzene rings is 2. The third-order valence-corrected chi connectivity index (χ3v) is 9.75. The van der Waals surface area contributed by atoms with Crippen molar-refractivity contribution in [2.45, 2.75) is 82.1 Å². The summed E-state index contributed by atoms with van der Waals surface area (Å²) in [6, 6.07) is 14.2. The van der Waals surface area contributed by atoms with Gasteiger partial charge in [0, 0.05) is 37.5 Å². The molecule has 44 heavy (non-hydrogen) atoms. The maximum absolute atomic E-state index is 12.9. The number of phenolic OH excluding ortho intramolecular Hbond substituents is 1. The van der Waals surface area contributed by atoms with E-state index in [2.05, 4.69) is 16.4 Å². The fourth-order valence-electron chi connectivity index (χ4n) is 7.08. The Hall–Kier alpha value is -3.69. The first kappa shape index (κ1) is 31.7. The van der Waals surface area contributed by atoms with Crippen LogP contribution in [-0.4, -0.2) is 63.3 Å². The highest BCUT2D eigenvalue weighted by molar-refractivity contribution is 5.87. The Bertz CT molecular complexity index is 1500. The number of phenols is 1. The summed E-state index contributed by atoms with van der Waals surface area (Å²) in [6.45, 7) is 2.64. The molecule has 2 aliphatic rings. The lowest BCUT2D eigenvalue weighted by atomic mass is 9.69. The van der Waals surface area contributed by atoms with Crippen LogP contribution in [0.25, 0.3) is 10.9 Å². The van der Waals surface area contributed by atoms with Crippen molar-refractivity contribution in [3.8, 4) is 5.75 Å². The van der Waals surface area contributed by atoms with Crippen LogP contribution in [0.2, 0.25) is 0 Å². The van der Waals surface area contributed by atoms with E-state index in [1.807, 2.05) is 23.1 Å². The van der Waals surface area contributed by atoms with Crippen LogP contribution < -0.4 is 10.9 Å². The number of nitrogens with zero attached hydrogens (tertiary/aromatic N) is 1. The van der Waals surface area contributed by atoms with Crippen LogP contribution in [0.1, 0.15) is 87.0 Å². The molecule has 1 saturated carbocycles. The summed E-state index contributed by atoms with van der Waals surface area (Å²) in [5.74, 6) is -0.0322. The summed E-state index contributed by atoms with van der Waals surface area (Å²) < 4.78 is 0. The number of aliphatic carboxylic acids is 1. The number of nitrogens with one attached hydrogen (secondary N) is 2. The van der Waals surface area contributed by atoms with E-state index in [9.17, 15) is 29.7 Å². The van der Waals surface area contributed by atoms with Crippen LogP contribution in [0.15, 0.2) is 53.3 Å². The third kappa shape index (κ3) is 7.33. The SMILES string of the molecule is O=C(CCCc1cccc(C2(C(=O)O)CCCCC2)c1)N1CCC(CCNCC(O)c2ccc(O)c3[nH]c(=O)ccc23)CC1. The van der Waals surface area contributed by atoms with Crippen LogP contribution in [-0.2, 0) is 21.4 Å². The van der Waals surface area contributed by atoms with Gasteiger partial charge < -0.3 is 30.5 Å². The lowest BCUT2D eigenvalue weighted by Crippen LogP contribution is -2.39. The second-order valence-corrected chi connectivity index (χ2v) is 12.6. The van der Waals surface area contributed by atoms with Gasteiger partial charge in [0.25, 0.3) is 0 Å². The molecule has 1 aromatic heterocycles. The zero-order valence-corrected chi connectivity index (χ0v) is 25.4. The monoisotopic (exact) mass is 603 g/mol. The van der Waals surface area contributed by atoms with E-state index < -0.39 is 17.5 Å². The molecule has 0 spiro atoms. The average Bonchev–Trinajstić information content (AvgIpc) is 3.04. The number of aliphatic hydroxyl groups is 1. The van der Waals surface area contributed by atoms with Gasteiger partial charge in [0.15, 0.2) is 0 Å². The molecule has 1 atom stereocenters. The molecule has 236 valence electrons. The molecule has 2 aromatic carbocycles. The van der Waals surface area contributed by atoms with E-state index in [-0.39, 0.29) is 17.2 Å². The number of aromatic amines is 1. The minimum atomic E-state index is -0.781. The second-order valence-electron chi connectivity index (χ2n) is 12.6. The predicted octanol–water partition coefficient (Wildman–Crippen LogP) is 4.79. The Morgan fingerprint density at radius 2 is 1.82 bits per heavy atom. The molecule has 1 saturated heterocycles. The van der Waals surface area contributed by atoms with Gasteiger partial charge in [0.1, 0.15) is 5.75 Å². The number of carboxylic acid groups (broad SMARTS) is 1. The molecule has 5 N–H and O–H groups in total. The summed E-state index contributed by atoms with van der Waals surface area (Å²) in [4.78, 5) is 41.4. The topological polar surface area (TPSA) is 143 Å². The summed E-state index contributed by atoms with van der Waals surface area (Å²) in [5, 5.41) is 34.8. The number of amides is 1. The fourth-order valence-corrected chi connectivity index (χ4v) is 7.08. The van der Waals surface area contributed by atoms with Crippen molar-refractivity contribution in [3.05, 3.63) is 75.6 Å². The number of carboxylic acids is 1. The molecule has 1 aliphatic carbocycles. The number of carbonyl (C=O) groups excluding carboxylic acids is 1. The number of piperidine rings is 1. The van der Waals surface area contributed by atoms with Crippen molar-refractivity contribution in [1.29, 1.82) is 0 Å². The Labute approximate surface area is 258 Å². The van der Waals surface area contributed by atoms with Crippen LogP contribution >= 0.6 is 0 Å². The Morgan fingerprint density at radius 3 is 2.57 bits per heavy atom. The molecule has 9 nitrogen and oxygen atoms in total. The zero-order chi connectivity index (χ0) is 31.1. The minimum Gasteiger partial charge on any atom is -0.506 e. The number of likely N-dealkylation sites (tertiary alicyclic amines) is 1. The van der Waals surface area contributed by atoms with Crippen molar-refractivity contribution in [2.75, 3.05) is 26.2 Å². The number of aryl methyl sites for hydroxylation is 1. The van der Waals surface area contributed by atoms with E-state index in [0.29, 0.717) is 48.2 Å². The van der Waals surface area contributed by atoms with Gasteiger partial charge in [-0.3, -0.25) is 14.4 Å². The molecule has 0 bridgehead atoms. The highest BCUT2D eigenvalue weighted by atomic mass is 16.4. The number of aliphatic hydroxyl groups excluding tert-OH is 1. The maximum Gasteiger partial charge on any atom is 0.314 e.